The van der Waals surface area contributed by atoms with Crippen molar-refractivity contribution in [1.29, 1.82) is 0 Å². The van der Waals surface area contributed by atoms with Gasteiger partial charge in [0.15, 0.2) is 0 Å². The van der Waals surface area contributed by atoms with E-state index >= 15 is 0 Å². The summed E-state index contributed by atoms with van der Waals surface area (Å²) in [5.41, 5.74) is 2.35. The summed E-state index contributed by atoms with van der Waals surface area (Å²) in [6, 6.07) is 19.1. The predicted octanol–water partition coefficient (Wildman–Crippen LogP) is 4.51. The van der Waals surface area contributed by atoms with Gasteiger partial charge >= 0.3 is 0 Å². The molecule has 1 N–H and O–H groups in total. The largest absolute Gasteiger partial charge is 0.491 e. The molecule has 0 bridgehead atoms. The predicted molar refractivity (Wildman–Crippen MR) is 89.7 cm³/mol. The zero-order valence-electron chi connectivity index (χ0n) is 13.0. The fourth-order valence-electron chi connectivity index (χ4n) is 2.31. The number of hydrogen-bond donors (Lipinski definition) is 1. The molecule has 2 aromatic carbocycles. The van der Waals surface area contributed by atoms with Gasteiger partial charge in [0.2, 0.25) is 0 Å². The van der Waals surface area contributed by atoms with Crippen molar-refractivity contribution >= 4 is 0 Å². The minimum atomic E-state index is 0.411. The number of benzene rings is 2. The average molecular weight is 283 g/mol. The van der Waals surface area contributed by atoms with Crippen LogP contribution in [0.25, 0.3) is 11.1 Å². The van der Waals surface area contributed by atoms with Crippen LogP contribution in [-0.4, -0.2) is 19.2 Å². The van der Waals surface area contributed by atoms with Crippen LogP contribution in [0.4, 0.5) is 0 Å². The minimum absolute atomic E-state index is 0.411. The van der Waals surface area contributed by atoms with E-state index in [2.05, 4.69) is 61.6 Å². The van der Waals surface area contributed by atoms with E-state index in [1.165, 1.54) is 5.56 Å². The van der Waals surface area contributed by atoms with E-state index < -0.39 is 0 Å². The first-order valence-electron chi connectivity index (χ1n) is 7.85. The van der Waals surface area contributed by atoms with Crippen LogP contribution >= 0.6 is 0 Å². The fraction of sp³-hybridized carbons (Fsp3) is 0.368. The molecule has 21 heavy (non-hydrogen) atoms. The van der Waals surface area contributed by atoms with Gasteiger partial charge in [-0.25, -0.2) is 0 Å². The van der Waals surface area contributed by atoms with Crippen molar-refractivity contribution in [2.75, 3.05) is 13.2 Å². The maximum absolute atomic E-state index is 6.08. The van der Waals surface area contributed by atoms with Crippen LogP contribution in [-0.2, 0) is 0 Å². The lowest BCUT2D eigenvalue weighted by atomic mass is 10.0. The molecule has 0 amide bonds. The van der Waals surface area contributed by atoms with E-state index in [0.717, 1.165) is 30.7 Å². The van der Waals surface area contributed by atoms with Gasteiger partial charge in [0.1, 0.15) is 12.4 Å². The molecular weight excluding hydrogens is 258 g/mol. The quantitative estimate of drug-likeness (QED) is 0.769. The second kappa shape index (κ2) is 8.48. The Morgan fingerprint density at radius 1 is 0.952 bits per heavy atom. The normalized spacial score (nSPS) is 12.1. The first-order chi connectivity index (χ1) is 10.3. The standard InChI is InChI=1S/C19H25NO/c1-3-14-20-17(4-2)15-21-19-13-9-8-12-18(19)16-10-6-5-7-11-16/h5-13,17,20H,3-4,14-15H2,1-2H3. The first-order valence-corrected chi connectivity index (χ1v) is 7.85. The van der Waals surface area contributed by atoms with Crippen LogP contribution in [0.1, 0.15) is 26.7 Å². The third kappa shape index (κ3) is 4.61. The summed E-state index contributed by atoms with van der Waals surface area (Å²) >= 11 is 0. The zero-order chi connectivity index (χ0) is 14.9. The first kappa shape index (κ1) is 15.6. The minimum Gasteiger partial charge on any atom is -0.491 e. The third-order valence-electron chi connectivity index (χ3n) is 3.59. The lowest BCUT2D eigenvalue weighted by molar-refractivity contribution is 0.261. The molecule has 0 fully saturated rings. The molecule has 0 heterocycles. The monoisotopic (exact) mass is 283 g/mol. The summed E-state index contributed by atoms with van der Waals surface area (Å²) in [5, 5.41) is 3.52. The molecule has 0 aliphatic heterocycles. The lowest BCUT2D eigenvalue weighted by Gasteiger charge is -2.19. The Morgan fingerprint density at radius 3 is 2.38 bits per heavy atom. The highest BCUT2D eigenvalue weighted by molar-refractivity contribution is 5.70. The van der Waals surface area contributed by atoms with Crippen molar-refractivity contribution in [3.63, 3.8) is 0 Å². The topological polar surface area (TPSA) is 21.3 Å². The van der Waals surface area contributed by atoms with Crippen molar-refractivity contribution in [2.45, 2.75) is 32.7 Å². The molecule has 0 aromatic heterocycles. The van der Waals surface area contributed by atoms with Crippen LogP contribution in [0.2, 0.25) is 0 Å². The second-order valence-corrected chi connectivity index (χ2v) is 5.23. The van der Waals surface area contributed by atoms with Gasteiger partial charge in [-0.2, -0.15) is 0 Å². The SMILES string of the molecule is CCCNC(CC)COc1ccccc1-c1ccccc1. The van der Waals surface area contributed by atoms with Gasteiger partial charge in [-0.3, -0.25) is 0 Å². The van der Waals surface area contributed by atoms with Crippen LogP contribution in [0.15, 0.2) is 54.6 Å². The van der Waals surface area contributed by atoms with E-state index in [9.17, 15) is 0 Å². The summed E-state index contributed by atoms with van der Waals surface area (Å²) in [5.74, 6) is 0.959. The highest BCUT2D eigenvalue weighted by atomic mass is 16.5. The molecule has 0 aliphatic carbocycles. The summed E-state index contributed by atoms with van der Waals surface area (Å²) < 4.78 is 6.08. The Kier molecular flexibility index (Phi) is 6.29. The van der Waals surface area contributed by atoms with Gasteiger partial charge in [0.25, 0.3) is 0 Å². The van der Waals surface area contributed by atoms with Crippen molar-refractivity contribution in [2.24, 2.45) is 0 Å². The zero-order valence-corrected chi connectivity index (χ0v) is 13.0. The van der Waals surface area contributed by atoms with E-state index in [1.807, 2.05) is 12.1 Å². The fourth-order valence-corrected chi connectivity index (χ4v) is 2.31. The number of rotatable bonds is 8. The van der Waals surface area contributed by atoms with Gasteiger partial charge in [0.05, 0.1) is 0 Å². The number of nitrogens with one attached hydrogen (secondary N) is 1. The molecule has 2 heteroatoms. The maximum atomic E-state index is 6.08. The van der Waals surface area contributed by atoms with Gasteiger partial charge in [-0.15, -0.1) is 0 Å². The van der Waals surface area contributed by atoms with Crippen molar-refractivity contribution in [3.8, 4) is 16.9 Å². The molecular formula is C19H25NO. The van der Waals surface area contributed by atoms with Crippen LogP contribution in [0.3, 0.4) is 0 Å². The summed E-state index contributed by atoms with van der Waals surface area (Å²) in [6.07, 6.45) is 2.23. The van der Waals surface area contributed by atoms with Crippen molar-refractivity contribution in [1.82, 2.24) is 5.32 Å². The van der Waals surface area contributed by atoms with E-state index in [1.54, 1.807) is 0 Å². The second-order valence-electron chi connectivity index (χ2n) is 5.23. The maximum Gasteiger partial charge on any atom is 0.127 e. The van der Waals surface area contributed by atoms with Gasteiger partial charge in [0, 0.05) is 11.6 Å². The van der Waals surface area contributed by atoms with Crippen LogP contribution in [0, 0.1) is 0 Å². The lowest BCUT2D eigenvalue weighted by Crippen LogP contribution is -2.34. The van der Waals surface area contributed by atoms with Gasteiger partial charge in [-0.1, -0.05) is 62.4 Å². The molecule has 2 aromatic rings. The Morgan fingerprint density at radius 2 is 1.67 bits per heavy atom. The Labute approximate surface area is 128 Å². The summed E-state index contributed by atoms with van der Waals surface area (Å²) in [7, 11) is 0. The van der Waals surface area contributed by atoms with Gasteiger partial charge < -0.3 is 10.1 Å². The molecule has 112 valence electrons. The number of para-hydroxylation sites is 1. The van der Waals surface area contributed by atoms with E-state index in [-0.39, 0.29) is 0 Å². The smallest absolute Gasteiger partial charge is 0.127 e. The van der Waals surface area contributed by atoms with Crippen LogP contribution < -0.4 is 10.1 Å². The molecule has 0 radical (unpaired) electrons. The molecule has 0 aliphatic rings. The summed E-state index contributed by atoms with van der Waals surface area (Å²) in [4.78, 5) is 0. The van der Waals surface area contributed by atoms with Crippen molar-refractivity contribution < 1.29 is 4.74 Å². The molecule has 2 rings (SSSR count). The highest BCUT2D eigenvalue weighted by Gasteiger charge is 2.09. The third-order valence-corrected chi connectivity index (χ3v) is 3.59. The summed E-state index contributed by atoms with van der Waals surface area (Å²) in [6.45, 7) is 6.13. The highest BCUT2D eigenvalue weighted by Crippen LogP contribution is 2.29. The number of ether oxygens (including phenoxy) is 1. The molecule has 0 saturated carbocycles. The van der Waals surface area contributed by atoms with Gasteiger partial charge in [-0.05, 0) is 31.0 Å². The van der Waals surface area contributed by atoms with Crippen molar-refractivity contribution in [3.05, 3.63) is 54.6 Å². The molecule has 1 atom stereocenters. The number of hydrogen-bond acceptors (Lipinski definition) is 2. The Bertz CT molecular complexity index is 524. The van der Waals surface area contributed by atoms with E-state index in [0.29, 0.717) is 12.6 Å². The Hall–Kier alpha value is -1.80. The Balaban J connectivity index is 2.07. The molecule has 1 unspecified atom stereocenters. The average Bonchev–Trinajstić information content (AvgIpc) is 2.56. The molecule has 2 nitrogen and oxygen atoms in total. The molecule has 0 saturated heterocycles. The molecule has 0 spiro atoms. The van der Waals surface area contributed by atoms with E-state index in [4.69, 9.17) is 4.74 Å². The van der Waals surface area contributed by atoms with Crippen LogP contribution in [0.5, 0.6) is 5.75 Å².